The van der Waals surface area contributed by atoms with E-state index in [1.54, 1.807) is 24.1 Å². The maximum atomic E-state index is 12.2. The third kappa shape index (κ3) is 2.18. The van der Waals surface area contributed by atoms with E-state index in [2.05, 4.69) is 0 Å². The molecule has 0 fully saturated rings. The Balaban J connectivity index is 2.45. The van der Waals surface area contributed by atoms with E-state index in [1.165, 1.54) is 12.1 Å². The Morgan fingerprint density at radius 1 is 1.06 bits per heavy atom. The molecule has 0 bridgehead atoms. The van der Waals surface area contributed by atoms with Gasteiger partial charge in [-0.1, -0.05) is 18.2 Å². The summed E-state index contributed by atoms with van der Waals surface area (Å²) in [6.07, 6.45) is 1.31. The third-order valence-corrected chi connectivity index (χ3v) is 4.64. The Kier molecular flexibility index (Phi) is 3.28. The summed E-state index contributed by atoms with van der Waals surface area (Å²) < 4.78 is 24.4. The van der Waals surface area contributed by atoms with Crippen molar-refractivity contribution in [3.63, 3.8) is 0 Å². The van der Waals surface area contributed by atoms with Crippen LogP contribution in [0.2, 0.25) is 0 Å². The molecule has 1 aromatic carbocycles. The van der Waals surface area contributed by atoms with E-state index in [4.69, 9.17) is 0 Å². The fourth-order valence-electron chi connectivity index (χ4n) is 1.74. The van der Waals surface area contributed by atoms with Crippen molar-refractivity contribution >= 4 is 21.6 Å². The predicted octanol–water partition coefficient (Wildman–Crippen LogP) is 1.47. The molecule has 0 aromatic heterocycles. The first kappa shape index (κ1) is 12.5. The van der Waals surface area contributed by atoms with Crippen LogP contribution in [0.1, 0.15) is 12.8 Å². The number of allylic oxidation sites excluding steroid dienone is 3. The lowest BCUT2D eigenvalue weighted by Gasteiger charge is -2.13. The van der Waals surface area contributed by atoms with Gasteiger partial charge in [0.05, 0.1) is 15.4 Å². The Morgan fingerprint density at radius 2 is 1.72 bits per heavy atom. The van der Waals surface area contributed by atoms with E-state index in [-0.39, 0.29) is 28.2 Å². The highest BCUT2D eigenvalue weighted by atomic mass is 32.2. The minimum absolute atomic E-state index is 0.00186. The van der Waals surface area contributed by atoms with E-state index >= 15 is 0 Å². The second-order valence-electron chi connectivity index (χ2n) is 3.87. The van der Waals surface area contributed by atoms with Gasteiger partial charge in [0.1, 0.15) is 5.94 Å². The Hall–Kier alpha value is -1.97. The number of ketones is 1. The van der Waals surface area contributed by atoms with Crippen LogP contribution in [0.3, 0.4) is 0 Å². The third-order valence-electron chi connectivity index (χ3n) is 2.73. The fourth-order valence-corrected chi connectivity index (χ4v) is 3.19. The molecule has 1 aliphatic carbocycles. The molecule has 0 N–H and O–H groups in total. The summed E-state index contributed by atoms with van der Waals surface area (Å²) in [7, 11) is -3.63. The normalized spacial score (nSPS) is 16.1. The summed E-state index contributed by atoms with van der Waals surface area (Å²) >= 11 is 0. The van der Waals surface area contributed by atoms with Gasteiger partial charge in [-0.3, -0.25) is 4.79 Å². The molecular formula is C13H10O4S. The van der Waals surface area contributed by atoms with Gasteiger partial charge in [0, 0.05) is 6.08 Å². The zero-order valence-corrected chi connectivity index (χ0v) is 10.2. The molecule has 2 rings (SSSR count). The number of hydrogen-bond acceptors (Lipinski definition) is 4. The summed E-state index contributed by atoms with van der Waals surface area (Å²) in [6, 6.07) is 7.91. The monoisotopic (exact) mass is 262 g/mol. The first-order chi connectivity index (χ1) is 8.55. The molecule has 0 aliphatic heterocycles. The zero-order chi connectivity index (χ0) is 13.2. The molecule has 5 heteroatoms. The van der Waals surface area contributed by atoms with Crippen molar-refractivity contribution in [2.75, 3.05) is 0 Å². The molecule has 0 spiro atoms. The second kappa shape index (κ2) is 4.72. The van der Waals surface area contributed by atoms with Crippen LogP contribution in [0.15, 0.2) is 51.8 Å². The van der Waals surface area contributed by atoms with Crippen LogP contribution in [0.25, 0.3) is 0 Å². The zero-order valence-electron chi connectivity index (χ0n) is 9.42. The standard InChI is InChI=1S/C13H10O4S/c14-9-10-6-7-12(8-13(10)15)18(16,17)11-4-2-1-3-5-11/h1-5,8H,6-7H2. The summed E-state index contributed by atoms with van der Waals surface area (Å²) in [6.45, 7) is 0. The quantitative estimate of drug-likeness (QED) is 0.598. The van der Waals surface area contributed by atoms with E-state index < -0.39 is 15.6 Å². The molecule has 92 valence electrons. The molecule has 4 nitrogen and oxygen atoms in total. The highest BCUT2D eigenvalue weighted by Crippen LogP contribution is 2.27. The molecular weight excluding hydrogens is 252 g/mol. The lowest BCUT2D eigenvalue weighted by atomic mass is 10.0. The van der Waals surface area contributed by atoms with Crippen LogP contribution < -0.4 is 0 Å². The van der Waals surface area contributed by atoms with Crippen molar-refractivity contribution in [1.29, 1.82) is 0 Å². The maximum absolute atomic E-state index is 12.2. The molecule has 0 saturated carbocycles. The van der Waals surface area contributed by atoms with Gasteiger partial charge in [-0.2, -0.15) is 0 Å². The van der Waals surface area contributed by atoms with Gasteiger partial charge in [-0.05, 0) is 25.0 Å². The van der Waals surface area contributed by atoms with Crippen molar-refractivity contribution in [2.45, 2.75) is 17.7 Å². The first-order valence-corrected chi connectivity index (χ1v) is 6.83. The van der Waals surface area contributed by atoms with Gasteiger partial charge in [0.25, 0.3) is 0 Å². The van der Waals surface area contributed by atoms with Crippen molar-refractivity contribution in [3.05, 3.63) is 46.9 Å². The highest BCUT2D eigenvalue weighted by Gasteiger charge is 2.26. The fraction of sp³-hybridized carbons (Fsp3) is 0.154. The van der Waals surface area contributed by atoms with Gasteiger partial charge < -0.3 is 0 Å². The first-order valence-electron chi connectivity index (χ1n) is 5.34. The van der Waals surface area contributed by atoms with E-state index in [0.29, 0.717) is 0 Å². The lowest BCUT2D eigenvalue weighted by Crippen LogP contribution is -2.14. The van der Waals surface area contributed by atoms with Crippen molar-refractivity contribution in [1.82, 2.24) is 0 Å². The van der Waals surface area contributed by atoms with Crippen LogP contribution in [0.4, 0.5) is 0 Å². The van der Waals surface area contributed by atoms with Gasteiger partial charge in [0.2, 0.25) is 9.84 Å². The summed E-state index contributed by atoms with van der Waals surface area (Å²) in [5.74, 6) is 0.979. The molecule has 0 radical (unpaired) electrons. The molecule has 1 aromatic rings. The van der Waals surface area contributed by atoms with Crippen molar-refractivity contribution in [3.8, 4) is 0 Å². The average Bonchev–Trinajstić information content (AvgIpc) is 2.39. The Bertz CT molecular complexity index is 662. The smallest absolute Gasteiger partial charge is 0.202 e. The Morgan fingerprint density at radius 3 is 2.28 bits per heavy atom. The van der Waals surface area contributed by atoms with Gasteiger partial charge in [-0.25, -0.2) is 13.2 Å². The van der Waals surface area contributed by atoms with E-state index in [9.17, 15) is 18.0 Å². The van der Waals surface area contributed by atoms with Crippen LogP contribution in [-0.4, -0.2) is 20.1 Å². The molecule has 0 unspecified atom stereocenters. The number of sulfone groups is 1. The van der Waals surface area contributed by atoms with E-state index in [1.807, 2.05) is 0 Å². The SMILES string of the molecule is O=C=C1CCC(S(=O)(=O)c2ccccc2)=CC1=O. The molecule has 0 saturated heterocycles. The van der Waals surface area contributed by atoms with Crippen molar-refractivity contribution in [2.24, 2.45) is 0 Å². The summed E-state index contributed by atoms with van der Waals surface area (Å²) in [4.78, 5) is 22.1. The lowest BCUT2D eigenvalue weighted by molar-refractivity contribution is -0.111. The minimum Gasteiger partial charge on any atom is -0.289 e. The molecule has 1 aliphatic rings. The largest absolute Gasteiger partial charge is 0.289 e. The van der Waals surface area contributed by atoms with Crippen LogP contribution in [-0.2, 0) is 19.4 Å². The minimum atomic E-state index is -3.63. The van der Waals surface area contributed by atoms with Crippen LogP contribution in [0, 0.1) is 0 Å². The molecule has 0 atom stereocenters. The maximum Gasteiger partial charge on any atom is 0.202 e. The Labute approximate surface area is 105 Å². The second-order valence-corrected chi connectivity index (χ2v) is 5.87. The summed E-state index contributed by atoms with van der Waals surface area (Å²) in [5, 5.41) is 0. The molecule has 18 heavy (non-hydrogen) atoms. The topological polar surface area (TPSA) is 68.3 Å². The van der Waals surface area contributed by atoms with Gasteiger partial charge >= 0.3 is 0 Å². The average molecular weight is 262 g/mol. The van der Waals surface area contributed by atoms with Gasteiger partial charge in [-0.15, -0.1) is 0 Å². The number of rotatable bonds is 2. The van der Waals surface area contributed by atoms with E-state index in [0.717, 1.165) is 6.08 Å². The predicted molar refractivity (Wildman–Crippen MR) is 65.2 cm³/mol. The number of carbonyl (C=O) groups is 1. The molecule has 0 heterocycles. The highest BCUT2D eigenvalue weighted by molar-refractivity contribution is 7.95. The number of carbonyl (C=O) groups excluding carboxylic acids is 2. The van der Waals surface area contributed by atoms with Gasteiger partial charge in [0.15, 0.2) is 5.78 Å². The van der Waals surface area contributed by atoms with Crippen LogP contribution in [0.5, 0.6) is 0 Å². The van der Waals surface area contributed by atoms with Crippen LogP contribution >= 0.6 is 0 Å². The molecule has 0 amide bonds. The number of hydrogen-bond donors (Lipinski definition) is 0. The van der Waals surface area contributed by atoms with Crippen molar-refractivity contribution < 1.29 is 18.0 Å². The summed E-state index contributed by atoms with van der Waals surface area (Å²) in [5.41, 5.74) is 0.00186. The number of benzene rings is 1.